The average Bonchev–Trinajstić information content (AvgIpc) is 3.27. The highest BCUT2D eigenvalue weighted by Gasteiger charge is 2.14. The van der Waals surface area contributed by atoms with Crippen LogP contribution < -0.4 is 9.62 Å². The number of aldehydes is 2. The van der Waals surface area contributed by atoms with Crippen LogP contribution in [-0.2, 0) is 5.41 Å². The lowest BCUT2D eigenvalue weighted by Crippen LogP contribution is -2.10. The topological polar surface area (TPSA) is 73.2 Å². The van der Waals surface area contributed by atoms with Crippen LogP contribution in [0.15, 0.2) is 52.7 Å². The number of nitrogens with one attached hydrogen (secondary N) is 1. The molecular weight excluding hydrogens is 474 g/mol. The molecule has 0 unspecified atom stereocenters. The maximum atomic E-state index is 11.3. The van der Waals surface area contributed by atoms with Gasteiger partial charge in [-0.3, -0.25) is 9.59 Å². The fourth-order valence-electron chi connectivity index (χ4n) is 2.82. The van der Waals surface area contributed by atoms with Gasteiger partial charge in [-0.1, -0.05) is 44.5 Å². The first-order valence-corrected chi connectivity index (χ1v) is 12.1. The molecule has 5 nitrogen and oxygen atoms in total. The van der Waals surface area contributed by atoms with Gasteiger partial charge in [0, 0.05) is 24.6 Å². The van der Waals surface area contributed by atoms with Crippen molar-refractivity contribution in [3.8, 4) is 6.07 Å². The van der Waals surface area contributed by atoms with Crippen molar-refractivity contribution in [1.29, 1.82) is 5.26 Å². The van der Waals surface area contributed by atoms with Gasteiger partial charge in [-0.25, -0.2) is 0 Å². The van der Waals surface area contributed by atoms with Gasteiger partial charge in [0.25, 0.3) is 0 Å². The van der Waals surface area contributed by atoms with Crippen molar-refractivity contribution in [2.45, 2.75) is 31.1 Å². The molecule has 0 amide bonds. The molecule has 0 saturated heterocycles. The van der Waals surface area contributed by atoms with Crippen LogP contribution in [0, 0.1) is 11.3 Å². The Hall–Kier alpha value is -2.79. The molecule has 0 radical (unpaired) electrons. The van der Waals surface area contributed by atoms with Crippen LogP contribution in [-0.4, -0.2) is 26.7 Å². The Balaban J connectivity index is 0.000000321. The largest absolute Gasteiger partial charge is 0.368 e. The number of nitrogens with zero attached hydrogens (tertiary/aromatic N) is 2. The molecule has 1 aromatic heterocycles. The van der Waals surface area contributed by atoms with Gasteiger partial charge in [0.1, 0.15) is 11.1 Å². The highest BCUT2D eigenvalue weighted by Crippen LogP contribution is 2.30. The molecule has 2 aromatic carbocycles. The fraction of sp³-hybridized carbons (Fsp3) is 0.240. The summed E-state index contributed by atoms with van der Waals surface area (Å²) in [5.74, 6) is 0. The van der Waals surface area contributed by atoms with Crippen molar-refractivity contribution in [1.82, 2.24) is 0 Å². The number of thiophene rings is 1. The maximum absolute atomic E-state index is 11.3. The van der Waals surface area contributed by atoms with Crippen LogP contribution in [0.3, 0.4) is 0 Å². The molecule has 0 aliphatic carbocycles. The Kier molecular flexibility index (Phi) is 9.54. The van der Waals surface area contributed by atoms with Crippen LogP contribution in [0.4, 0.5) is 10.7 Å². The van der Waals surface area contributed by atoms with Crippen LogP contribution in [0.25, 0.3) is 0 Å². The molecule has 1 N–H and O–H groups in total. The van der Waals surface area contributed by atoms with Gasteiger partial charge in [0.2, 0.25) is 0 Å². The van der Waals surface area contributed by atoms with Crippen molar-refractivity contribution >= 4 is 58.1 Å². The molecule has 0 bridgehead atoms. The SMILES string of the molecule is CC(C)(C)c1ccc(SNc2ccc(Cl)c(C=O)c2C=O)cc1.CN(C)c1sccc1C#N. The molecule has 8 heteroatoms. The van der Waals surface area contributed by atoms with E-state index in [0.29, 0.717) is 18.3 Å². The Bertz CT molecular complexity index is 1140. The second-order valence-electron chi connectivity index (χ2n) is 8.28. The molecule has 0 aliphatic heterocycles. The van der Waals surface area contributed by atoms with E-state index in [9.17, 15) is 9.59 Å². The second kappa shape index (κ2) is 11.9. The Morgan fingerprint density at radius 2 is 1.67 bits per heavy atom. The number of hydrogen-bond donors (Lipinski definition) is 1. The molecular formula is C25H26ClN3O2S2. The summed E-state index contributed by atoms with van der Waals surface area (Å²) in [6, 6.07) is 15.5. The predicted molar refractivity (Wildman–Crippen MR) is 140 cm³/mol. The van der Waals surface area contributed by atoms with Crippen LogP contribution in [0.1, 0.15) is 52.6 Å². The monoisotopic (exact) mass is 499 g/mol. The fourth-order valence-corrected chi connectivity index (χ4v) is 4.49. The molecule has 0 fully saturated rings. The van der Waals surface area contributed by atoms with Gasteiger partial charge < -0.3 is 9.62 Å². The van der Waals surface area contributed by atoms with E-state index in [1.165, 1.54) is 17.5 Å². The minimum atomic E-state index is 0.107. The molecule has 172 valence electrons. The normalized spacial score (nSPS) is 10.5. The molecule has 3 aromatic rings. The summed E-state index contributed by atoms with van der Waals surface area (Å²) in [6.45, 7) is 6.50. The zero-order chi connectivity index (χ0) is 24.6. The first-order valence-electron chi connectivity index (χ1n) is 10.0. The zero-order valence-corrected chi connectivity index (χ0v) is 21.6. The minimum Gasteiger partial charge on any atom is -0.368 e. The lowest BCUT2D eigenvalue weighted by molar-refractivity contribution is 0.109. The van der Waals surface area contributed by atoms with Crippen molar-refractivity contribution in [2.75, 3.05) is 23.7 Å². The summed E-state index contributed by atoms with van der Waals surface area (Å²) in [5, 5.41) is 11.8. The van der Waals surface area contributed by atoms with E-state index in [0.717, 1.165) is 15.5 Å². The quantitative estimate of drug-likeness (QED) is 0.289. The Morgan fingerprint density at radius 1 is 1.03 bits per heavy atom. The first-order chi connectivity index (χ1) is 15.6. The Morgan fingerprint density at radius 3 is 2.15 bits per heavy atom. The number of benzene rings is 2. The average molecular weight is 500 g/mol. The number of anilines is 2. The van der Waals surface area contributed by atoms with Gasteiger partial charge >= 0.3 is 0 Å². The van der Waals surface area contributed by atoms with Crippen molar-refractivity contribution < 1.29 is 9.59 Å². The van der Waals surface area contributed by atoms with Gasteiger partial charge in [0.05, 0.1) is 21.8 Å². The zero-order valence-electron chi connectivity index (χ0n) is 19.2. The summed E-state index contributed by atoms with van der Waals surface area (Å²) in [6.07, 6.45) is 1.24. The number of carbonyl (C=O) groups is 2. The predicted octanol–water partition coefficient (Wildman–Crippen LogP) is 7.07. The third-order valence-corrected chi connectivity index (χ3v) is 6.88. The smallest absolute Gasteiger partial charge is 0.152 e. The standard InChI is InChI=1S/C18H18ClNO2S.C7H8N2S/c1-18(2,3)12-4-6-13(7-5-12)23-20-17-9-8-16(19)14(10-21)15(17)11-22;1-9(2)7-6(5-8)3-4-10-7/h4-11,20H,1-3H3;3-4H,1-2H3. The molecule has 0 saturated carbocycles. The first kappa shape index (κ1) is 26.5. The third kappa shape index (κ3) is 7.10. The van der Waals surface area contributed by atoms with Crippen LogP contribution >= 0.6 is 34.9 Å². The van der Waals surface area contributed by atoms with E-state index in [1.807, 2.05) is 42.6 Å². The van der Waals surface area contributed by atoms with Crippen molar-refractivity contribution in [2.24, 2.45) is 0 Å². The number of carbonyl (C=O) groups excluding carboxylic acids is 2. The van der Waals surface area contributed by atoms with Gasteiger partial charge in [-0.2, -0.15) is 5.26 Å². The summed E-state index contributed by atoms with van der Waals surface area (Å²) in [5.41, 5.74) is 3.16. The van der Waals surface area contributed by atoms with Gasteiger partial charge in [0.15, 0.2) is 12.6 Å². The van der Waals surface area contributed by atoms with E-state index >= 15 is 0 Å². The van der Waals surface area contributed by atoms with Crippen molar-refractivity contribution in [3.63, 3.8) is 0 Å². The van der Waals surface area contributed by atoms with Crippen LogP contribution in [0.5, 0.6) is 0 Å². The maximum Gasteiger partial charge on any atom is 0.152 e. The summed E-state index contributed by atoms with van der Waals surface area (Å²) in [7, 11) is 3.87. The minimum absolute atomic E-state index is 0.107. The van der Waals surface area contributed by atoms with E-state index in [1.54, 1.807) is 23.5 Å². The van der Waals surface area contributed by atoms with E-state index < -0.39 is 0 Å². The molecule has 0 atom stereocenters. The third-order valence-electron chi connectivity index (χ3n) is 4.64. The number of halogens is 1. The van der Waals surface area contributed by atoms with Gasteiger partial charge in [-0.05, 0) is 58.6 Å². The second-order valence-corrected chi connectivity index (χ2v) is 10.5. The molecule has 3 rings (SSSR count). The molecule has 1 heterocycles. The van der Waals surface area contributed by atoms with E-state index in [-0.39, 0.29) is 21.6 Å². The Labute approximate surface area is 208 Å². The van der Waals surface area contributed by atoms with Gasteiger partial charge in [-0.15, -0.1) is 11.3 Å². The summed E-state index contributed by atoms with van der Waals surface area (Å²) in [4.78, 5) is 25.3. The molecule has 0 spiro atoms. The van der Waals surface area contributed by atoms with E-state index in [2.05, 4.69) is 43.7 Å². The van der Waals surface area contributed by atoms with Crippen LogP contribution in [0.2, 0.25) is 5.02 Å². The lowest BCUT2D eigenvalue weighted by atomic mass is 9.87. The van der Waals surface area contributed by atoms with Crippen molar-refractivity contribution in [3.05, 3.63) is 75.1 Å². The van der Waals surface area contributed by atoms with E-state index in [4.69, 9.17) is 16.9 Å². The number of hydrogen-bond acceptors (Lipinski definition) is 7. The molecule has 0 aliphatic rings. The number of rotatable bonds is 6. The summed E-state index contributed by atoms with van der Waals surface area (Å²) < 4.78 is 3.11. The highest BCUT2D eigenvalue weighted by atomic mass is 35.5. The number of nitriles is 1. The highest BCUT2D eigenvalue weighted by molar-refractivity contribution is 8.00. The lowest BCUT2D eigenvalue weighted by Gasteiger charge is -2.19. The summed E-state index contributed by atoms with van der Waals surface area (Å²) >= 11 is 8.90. The molecule has 33 heavy (non-hydrogen) atoms.